The molecule has 0 heterocycles. The first-order valence-electron chi connectivity index (χ1n) is 8.47. The van der Waals surface area contributed by atoms with Crippen molar-refractivity contribution < 1.29 is 22.7 Å². The van der Waals surface area contributed by atoms with Crippen molar-refractivity contribution in [3.05, 3.63) is 59.7 Å². The van der Waals surface area contributed by atoms with Gasteiger partial charge in [0.2, 0.25) is 15.9 Å². The van der Waals surface area contributed by atoms with Gasteiger partial charge in [0, 0.05) is 19.4 Å². The summed E-state index contributed by atoms with van der Waals surface area (Å²) in [6.07, 6.45) is -0.699. The van der Waals surface area contributed by atoms with Crippen molar-refractivity contribution in [2.24, 2.45) is 0 Å². The van der Waals surface area contributed by atoms with E-state index in [4.69, 9.17) is 4.74 Å². The van der Waals surface area contributed by atoms with Gasteiger partial charge in [-0.3, -0.25) is 9.52 Å². The second-order valence-electron chi connectivity index (χ2n) is 6.23. The maximum Gasteiger partial charge on any atom is 0.407 e. The molecular weight excluding hydrogens is 368 g/mol. The average molecular weight is 388 g/mol. The predicted molar refractivity (Wildman–Crippen MR) is 101 cm³/mol. The second kappa shape index (κ2) is 7.79. The monoisotopic (exact) mass is 388 g/mol. The lowest BCUT2D eigenvalue weighted by Gasteiger charge is -2.14. The van der Waals surface area contributed by atoms with Crippen LogP contribution in [-0.4, -0.2) is 39.3 Å². The molecule has 1 aliphatic carbocycles. The van der Waals surface area contributed by atoms with Gasteiger partial charge in [-0.1, -0.05) is 48.5 Å². The van der Waals surface area contributed by atoms with E-state index in [0.29, 0.717) is 0 Å². The molecule has 0 atom stereocenters. The minimum absolute atomic E-state index is 0.0636. The second-order valence-corrected chi connectivity index (χ2v) is 8.07. The molecule has 3 rings (SSSR count). The molecule has 0 spiro atoms. The van der Waals surface area contributed by atoms with Crippen LogP contribution in [0.15, 0.2) is 48.5 Å². The van der Waals surface area contributed by atoms with E-state index < -0.39 is 27.8 Å². The van der Waals surface area contributed by atoms with Gasteiger partial charge < -0.3 is 10.1 Å². The van der Waals surface area contributed by atoms with Gasteiger partial charge in [-0.2, -0.15) is 0 Å². The van der Waals surface area contributed by atoms with Crippen LogP contribution in [-0.2, 0) is 19.6 Å². The van der Waals surface area contributed by atoms with Gasteiger partial charge in [0.15, 0.2) is 0 Å². The third kappa shape index (κ3) is 4.46. The van der Waals surface area contributed by atoms with Crippen molar-refractivity contribution in [2.45, 2.75) is 12.8 Å². The lowest BCUT2D eigenvalue weighted by atomic mass is 9.98. The summed E-state index contributed by atoms with van der Waals surface area (Å²) in [4.78, 5) is 22.7. The van der Waals surface area contributed by atoms with E-state index >= 15 is 0 Å². The molecule has 0 unspecified atom stereocenters. The molecule has 0 bridgehead atoms. The Bertz CT molecular complexity index is 926. The van der Waals surface area contributed by atoms with Crippen LogP contribution in [0.25, 0.3) is 11.1 Å². The van der Waals surface area contributed by atoms with Crippen molar-refractivity contribution >= 4 is 22.0 Å². The van der Waals surface area contributed by atoms with Crippen LogP contribution in [0.2, 0.25) is 0 Å². The minimum Gasteiger partial charge on any atom is -0.449 e. The number of sulfonamides is 1. The molecule has 0 saturated heterocycles. The molecule has 27 heavy (non-hydrogen) atoms. The van der Waals surface area contributed by atoms with Crippen LogP contribution in [0.5, 0.6) is 0 Å². The Morgan fingerprint density at radius 2 is 1.56 bits per heavy atom. The first kappa shape index (κ1) is 18.9. The number of fused-ring (bicyclic) bond motifs is 3. The molecule has 7 nitrogen and oxygen atoms in total. The zero-order valence-electron chi connectivity index (χ0n) is 14.8. The molecule has 2 aromatic carbocycles. The first-order chi connectivity index (χ1) is 12.9. The maximum atomic E-state index is 11.9. The molecule has 0 fully saturated rings. The van der Waals surface area contributed by atoms with Crippen molar-refractivity contribution in [1.29, 1.82) is 0 Å². The zero-order valence-corrected chi connectivity index (χ0v) is 15.6. The Labute approximate surface area is 157 Å². The van der Waals surface area contributed by atoms with Crippen molar-refractivity contribution in [2.75, 3.05) is 18.9 Å². The van der Waals surface area contributed by atoms with E-state index in [0.717, 1.165) is 29.2 Å². The standard InChI is InChI=1S/C19H20N2O5S/c1-13(22)21-27(24,25)11-10-20-19(23)26-12-18-16-8-4-2-6-14(16)15-7-3-5-9-17(15)18/h2-9,18H,10-12H2,1H3,(H,20,23)(H,21,22). The highest BCUT2D eigenvalue weighted by Crippen LogP contribution is 2.44. The van der Waals surface area contributed by atoms with E-state index in [9.17, 15) is 18.0 Å². The van der Waals surface area contributed by atoms with Crippen LogP contribution < -0.4 is 10.0 Å². The molecule has 8 heteroatoms. The molecule has 1 aliphatic rings. The number of benzene rings is 2. The van der Waals surface area contributed by atoms with Gasteiger partial charge in [-0.25, -0.2) is 13.2 Å². The molecule has 0 aliphatic heterocycles. The smallest absolute Gasteiger partial charge is 0.407 e. The summed E-state index contributed by atoms with van der Waals surface area (Å²) in [5, 5.41) is 2.39. The highest BCUT2D eigenvalue weighted by atomic mass is 32.2. The highest BCUT2D eigenvalue weighted by molar-refractivity contribution is 7.90. The summed E-state index contributed by atoms with van der Waals surface area (Å²) in [7, 11) is -3.76. The average Bonchev–Trinajstić information content (AvgIpc) is 2.93. The number of hydrogen-bond acceptors (Lipinski definition) is 5. The Morgan fingerprint density at radius 3 is 2.11 bits per heavy atom. The van der Waals surface area contributed by atoms with Crippen molar-refractivity contribution in [3.8, 4) is 11.1 Å². The van der Waals surface area contributed by atoms with E-state index in [1.807, 2.05) is 53.3 Å². The SMILES string of the molecule is CC(=O)NS(=O)(=O)CCNC(=O)OCC1c2ccccc2-c2ccccc21. The number of amides is 2. The summed E-state index contributed by atoms with van der Waals surface area (Å²) in [5.41, 5.74) is 4.45. The van der Waals surface area contributed by atoms with E-state index in [-0.39, 0.29) is 19.1 Å². The molecule has 0 aromatic heterocycles. The number of ether oxygens (including phenoxy) is 1. The first-order valence-corrected chi connectivity index (χ1v) is 10.1. The lowest BCUT2D eigenvalue weighted by Crippen LogP contribution is -2.36. The number of carbonyl (C=O) groups excluding carboxylic acids is 2. The van der Waals surface area contributed by atoms with Crippen molar-refractivity contribution in [1.82, 2.24) is 10.0 Å². The van der Waals surface area contributed by atoms with Gasteiger partial charge in [-0.15, -0.1) is 0 Å². The maximum absolute atomic E-state index is 11.9. The number of nitrogens with one attached hydrogen (secondary N) is 2. The Kier molecular flexibility index (Phi) is 5.46. The molecule has 0 radical (unpaired) electrons. The number of alkyl carbamates (subject to hydrolysis) is 1. The summed E-state index contributed by atoms with van der Waals surface area (Å²) in [6.45, 7) is 1.11. The van der Waals surface area contributed by atoms with Crippen LogP contribution >= 0.6 is 0 Å². The fourth-order valence-corrected chi connectivity index (χ4v) is 4.12. The Balaban J connectivity index is 1.57. The Hall–Kier alpha value is -2.87. The van der Waals surface area contributed by atoms with E-state index in [1.54, 1.807) is 0 Å². The number of carbonyl (C=O) groups is 2. The van der Waals surface area contributed by atoms with Crippen LogP contribution in [0, 0.1) is 0 Å². The zero-order chi connectivity index (χ0) is 19.4. The summed E-state index contributed by atoms with van der Waals surface area (Å²) >= 11 is 0. The fraction of sp³-hybridized carbons (Fsp3) is 0.263. The third-order valence-electron chi connectivity index (χ3n) is 4.28. The predicted octanol–water partition coefficient (Wildman–Crippen LogP) is 1.99. The summed E-state index contributed by atoms with van der Waals surface area (Å²) in [5.74, 6) is -1.14. The topological polar surface area (TPSA) is 102 Å². The third-order valence-corrected chi connectivity index (χ3v) is 5.62. The quantitative estimate of drug-likeness (QED) is 0.788. The van der Waals surface area contributed by atoms with E-state index in [2.05, 4.69) is 5.32 Å². The summed E-state index contributed by atoms with van der Waals surface area (Å²) < 4.78 is 30.2. The lowest BCUT2D eigenvalue weighted by molar-refractivity contribution is -0.117. The largest absolute Gasteiger partial charge is 0.449 e. The van der Waals surface area contributed by atoms with Crippen molar-refractivity contribution in [3.63, 3.8) is 0 Å². The van der Waals surface area contributed by atoms with Crippen LogP contribution in [0.3, 0.4) is 0 Å². The number of hydrogen-bond donors (Lipinski definition) is 2. The number of rotatable bonds is 6. The Morgan fingerprint density at radius 1 is 1.00 bits per heavy atom. The van der Waals surface area contributed by atoms with Crippen LogP contribution in [0.4, 0.5) is 4.79 Å². The van der Waals surface area contributed by atoms with Gasteiger partial charge in [-0.05, 0) is 22.3 Å². The molecule has 0 saturated carbocycles. The van der Waals surface area contributed by atoms with Gasteiger partial charge in [0.05, 0.1) is 5.75 Å². The molecule has 2 aromatic rings. The molecular formula is C19H20N2O5S. The summed E-state index contributed by atoms with van der Waals surface area (Å²) in [6, 6.07) is 16.0. The fourth-order valence-electron chi connectivity index (χ4n) is 3.21. The van der Waals surface area contributed by atoms with E-state index in [1.165, 1.54) is 0 Å². The van der Waals surface area contributed by atoms with Gasteiger partial charge in [0.1, 0.15) is 6.61 Å². The van der Waals surface area contributed by atoms with Gasteiger partial charge in [0.25, 0.3) is 0 Å². The molecule has 142 valence electrons. The minimum atomic E-state index is -3.76. The van der Waals surface area contributed by atoms with Crippen LogP contribution in [0.1, 0.15) is 24.0 Å². The van der Waals surface area contributed by atoms with Gasteiger partial charge >= 0.3 is 6.09 Å². The molecule has 2 N–H and O–H groups in total. The highest BCUT2D eigenvalue weighted by Gasteiger charge is 2.28. The normalized spacial score (nSPS) is 12.8. The molecule has 2 amide bonds.